The van der Waals surface area contributed by atoms with Crippen LogP contribution in [0.5, 0.6) is 0 Å². The van der Waals surface area contributed by atoms with Crippen LogP contribution in [0.4, 0.5) is 0 Å². The van der Waals surface area contributed by atoms with E-state index >= 15 is 0 Å². The van der Waals surface area contributed by atoms with Gasteiger partial charge in [0, 0.05) is 0 Å². The minimum atomic E-state index is 0.149. The molecule has 0 aliphatic rings. The lowest BCUT2D eigenvalue weighted by molar-refractivity contribution is 1.42. The maximum absolute atomic E-state index is 8.30. The van der Waals surface area contributed by atoms with E-state index in [0.717, 1.165) is 5.57 Å². The molecule has 0 saturated heterocycles. The minimum absolute atomic E-state index is 0.149. The van der Waals surface area contributed by atoms with Crippen LogP contribution < -0.4 is 0 Å². The summed E-state index contributed by atoms with van der Waals surface area (Å²) in [5, 5.41) is 16.6. The fourth-order valence-electron chi connectivity index (χ4n) is 0.401. The molecule has 0 saturated carbocycles. The highest BCUT2D eigenvalue weighted by Gasteiger charge is 1.89. The van der Waals surface area contributed by atoms with Gasteiger partial charge in [-0.1, -0.05) is 11.6 Å². The zero-order valence-electron chi connectivity index (χ0n) is 6.05. The average molecular weight is 132 g/mol. The number of allylic oxidation sites excluding steroid dienone is 4. The van der Waals surface area contributed by atoms with Gasteiger partial charge in [-0.25, -0.2) is 0 Å². The van der Waals surface area contributed by atoms with E-state index in [1.54, 1.807) is 18.2 Å². The predicted molar refractivity (Wildman–Crippen MR) is 38.7 cm³/mol. The van der Waals surface area contributed by atoms with Crippen molar-refractivity contribution in [3.63, 3.8) is 0 Å². The van der Waals surface area contributed by atoms with Crippen LogP contribution in [-0.4, -0.2) is 0 Å². The van der Waals surface area contributed by atoms with E-state index in [-0.39, 0.29) is 5.57 Å². The Morgan fingerprint density at radius 3 is 2.10 bits per heavy atom. The summed E-state index contributed by atoms with van der Waals surface area (Å²) in [6.07, 6.45) is 3.40. The second-order valence-electron chi connectivity index (χ2n) is 1.81. The van der Waals surface area contributed by atoms with Crippen LogP contribution in [0.2, 0.25) is 0 Å². The Balaban J connectivity index is 4.49. The van der Waals surface area contributed by atoms with Crippen molar-refractivity contribution in [3.05, 3.63) is 23.3 Å². The van der Waals surface area contributed by atoms with E-state index in [1.165, 1.54) is 0 Å². The lowest BCUT2D eigenvalue weighted by atomic mass is 10.2. The molecular weight excluding hydrogens is 124 g/mol. The third-order valence-corrected chi connectivity index (χ3v) is 1.07. The van der Waals surface area contributed by atoms with Crippen LogP contribution in [0.3, 0.4) is 0 Å². The highest BCUT2D eigenvalue weighted by molar-refractivity contribution is 5.40. The Bertz CT molecular complexity index is 229. The molecule has 10 heavy (non-hydrogen) atoms. The van der Waals surface area contributed by atoms with E-state index < -0.39 is 0 Å². The van der Waals surface area contributed by atoms with E-state index in [0.29, 0.717) is 0 Å². The van der Waals surface area contributed by atoms with Gasteiger partial charge in [0.05, 0.1) is 0 Å². The summed E-state index contributed by atoms with van der Waals surface area (Å²) in [7, 11) is 0. The molecule has 0 radical (unpaired) electrons. The van der Waals surface area contributed by atoms with Crippen LogP contribution in [0.15, 0.2) is 23.3 Å². The van der Waals surface area contributed by atoms with Crippen molar-refractivity contribution >= 4 is 0 Å². The molecule has 2 nitrogen and oxygen atoms in total. The van der Waals surface area contributed by atoms with Gasteiger partial charge in [-0.15, -0.1) is 0 Å². The summed E-state index contributed by atoms with van der Waals surface area (Å²) in [6, 6.07) is 3.55. The quantitative estimate of drug-likeness (QED) is 0.404. The number of rotatable bonds is 1. The number of nitriles is 2. The Kier molecular flexibility index (Phi) is 3.68. The van der Waals surface area contributed by atoms with Crippen LogP contribution >= 0.6 is 0 Å². The molecule has 2 heteroatoms. The largest absolute Gasteiger partial charge is 0.192 e. The van der Waals surface area contributed by atoms with Crippen molar-refractivity contribution in [2.75, 3.05) is 0 Å². The second-order valence-corrected chi connectivity index (χ2v) is 1.81. The molecule has 0 amide bonds. The topological polar surface area (TPSA) is 47.6 Å². The van der Waals surface area contributed by atoms with Crippen molar-refractivity contribution < 1.29 is 0 Å². The molecule has 0 unspecified atom stereocenters. The Morgan fingerprint density at radius 1 is 1.30 bits per heavy atom. The zero-order valence-corrected chi connectivity index (χ0v) is 6.05. The number of hydrogen-bond acceptors (Lipinski definition) is 2. The molecule has 0 rings (SSSR count). The highest BCUT2D eigenvalue weighted by atomic mass is 14.3. The number of nitrogens with zero attached hydrogens (tertiary/aromatic N) is 2. The minimum Gasteiger partial charge on any atom is -0.192 e. The molecule has 0 atom stereocenters. The van der Waals surface area contributed by atoms with Crippen LogP contribution in [-0.2, 0) is 0 Å². The maximum Gasteiger partial charge on any atom is 0.129 e. The zero-order chi connectivity index (χ0) is 7.98. The fourth-order valence-corrected chi connectivity index (χ4v) is 0.401. The molecule has 0 spiro atoms. The van der Waals surface area contributed by atoms with Crippen molar-refractivity contribution in [2.24, 2.45) is 0 Å². The third kappa shape index (κ3) is 2.69. The summed E-state index contributed by atoms with van der Waals surface area (Å²) in [6.45, 7) is 3.70. The van der Waals surface area contributed by atoms with Gasteiger partial charge in [-0.2, -0.15) is 10.5 Å². The monoisotopic (exact) mass is 132 g/mol. The van der Waals surface area contributed by atoms with Gasteiger partial charge in [-0.3, -0.25) is 0 Å². The van der Waals surface area contributed by atoms with Gasteiger partial charge in [0.15, 0.2) is 0 Å². The van der Waals surface area contributed by atoms with Crippen LogP contribution in [0, 0.1) is 22.7 Å². The molecule has 0 heterocycles. The Hall–Kier alpha value is -1.54. The molecule has 0 aromatic carbocycles. The second kappa shape index (κ2) is 4.35. The van der Waals surface area contributed by atoms with Crippen molar-refractivity contribution in [1.29, 1.82) is 10.5 Å². The average Bonchev–Trinajstić information content (AvgIpc) is 1.99. The number of hydrogen-bond donors (Lipinski definition) is 0. The van der Waals surface area contributed by atoms with Gasteiger partial charge >= 0.3 is 0 Å². The van der Waals surface area contributed by atoms with Crippen molar-refractivity contribution in [2.45, 2.75) is 13.8 Å². The van der Waals surface area contributed by atoms with Gasteiger partial charge < -0.3 is 0 Å². The molecule has 0 aliphatic carbocycles. The first-order valence-corrected chi connectivity index (χ1v) is 2.89. The molecule has 0 aliphatic heterocycles. The lowest BCUT2D eigenvalue weighted by Gasteiger charge is -1.84. The fraction of sp³-hybridized carbons (Fsp3) is 0.250. The smallest absolute Gasteiger partial charge is 0.129 e. The van der Waals surface area contributed by atoms with Crippen LogP contribution in [0.1, 0.15) is 13.8 Å². The molecule has 0 N–H and O–H groups in total. The Labute approximate surface area is 60.7 Å². The summed E-state index contributed by atoms with van der Waals surface area (Å²) in [4.78, 5) is 0. The van der Waals surface area contributed by atoms with E-state index in [4.69, 9.17) is 10.5 Å². The van der Waals surface area contributed by atoms with E-state index in [9.17, 15) is 0 Å². The predicted octanol–water partition coefficient (Wildman–Crippen LogP) is 1.93. The summed E-state index contributed by atoms with van der Waals surface area (Å²) < 4.78 is 0. The summed E-state index contributed by atoms with van der Waals surface area (Å²) >= 11 is 0. The summed E-state index contributed by atoms with van der Waals surface area (Å²) in [5.74, 6) is 0. The third-order valence-electron chi connectivity index (χ3n) is 1.07. The standard InChI is InChI=1S/C8H8N2/c1-3-7(2)4-8(5-9)6-10/h3-4H,1-2H3/b7-3-. The molecular formula is C8H8N2. The molecule has 0 aromatic heterocycles. The van der Waals surface area contributed by atoms with Gasteiger partial charge in [0.1, 0.15) is 17.7 Å². The van der Waals surface area contributed by atoms with Crippen molar-refractivity contribution in [3.8, 4) is 12.1 Å². The molecule has 50 valence electrons. The van der Waals surface area contributed by atoms with Gasteiger partial charge in [-0.05, 0) is 19.9 Å². The summed E-state index contributed by atoms with van der Waals surface area (Å²) in [5.41, 5.74) is 1.08. The van der Waals surface area contributed by atoms with Crippen LogP contribution in [0.25, 0.3) is 0 Å². The highest BCUT2D eigenvalue weighted by Crippen LogP contribution is 1.98. The van der Waals surface area contributed by atoms with Crippen molar-refractivity contribution in [1.82, 2.24) is 0 Å². The first kappa shape index (κ1) is 8.46. The van der Waals surface area contributed by atoms with Gasteiger partial charge in [0.25, 0.3) is 0 Å². The maximum atomic E-state index is 8.30. The van der Waals surface area contributed by atoms with E-state index in [1.807, 2.05) is 19.9 Å². The van der Waals surface area contributed by atoms with Gasteiger partial charge in [0.2, 0.25) is 0 Å². The van der Waals surface area contributed by atoms with E-state index in [2.05, 4.69) is 0 Å². The molecule has 0 bridgehead atoms. The SMILES string of the molecule is C/C=C(/C)C=C(C#N)C#N. The first-order chi connectivity index (χ1) is 4.74. The Morgan fingerprint density at radius 2 is 1.80 bits per heavy atom. The normalized spacial score (nSPS) is 9.40. The first-order valence-electron chi connectivity index (χ1n) is 2.89. The lowest BCUT2D eigenvalue weighted by Crippen LogP contribution is -1.73. The molecule has 0 aromatic rings. The molecule has 0 fully saturated rings.